The van der Waals surface area contributed by atoms with Gasteiger partial charge in [-0.1, -0.05) is 31.5 Å². The number of hydrogen-bond donors (Lipinski definition) is 2. The summed E-state index contributed by atoms with van der Waals surface area (Å²) < 4.78 is 6.49. The third-order valence-electron chi connectivity index (χ3n) is 4.72. The van der Waals surface area contributed by atoms with Crippen LogP contribution in [-0.4, -0.2) is 33.6 Å². The number of amides is 1. The van der Waals surface area contributed by atoms with Crippen molar-refractivity contribution in [3.05, 3.63) is 64.1 Å². The van der Waals surface area contributed by atoms with Gasteiger partial charge in [-0.2, -0.15) is 10.2 Å². The van der Waals surface area contributed by atoms with Crippen molar-refractivity contribution in [1.82, 2.24) is 15.2 Å². The van der Waals surface area contributed by atoms with Crippen molar-refractivity contribution in [2.45, 2.75) is 33.2 Å². The second kappa shape index (κ2) is 9.21. The molecule has 0 saturated carbocycles. The minimum absolute atomic E-state index is 0.0167. The number of rotatable bonds is 7. The van der Waals surface area contributed by atoms with Gasteiger partial charge in [-0.05, 0) is 37.6 Å². The zero-order valence-electron chi connectivity index (χ0n) is 17.2. The lowest BCUT2D eigenvalue weighted by Gasteiger charge is -2.10. The molecule has 0 aliphatic heterocycles. The number of nitrogens with zero attached hydrogens (tertiary/aromatic N) is 3. The largest absolute Gasteiger partial charge is 0.507 e. The zero-order valence-corrected chi connectivity index (χ0v) is 17.2. The second-order valence-corrected chi connectivity index (χ2v) is 6.80. The number of benzene rings is 2. The molecule has 0 saturated heterocycles. The Morgan fingerprint density at radius 3 is 2.67 bits per heavy atom. The molecule has 30 heavy (non-hydrogen) atoms. The summed E-state index contributed by atoms with van der Waals surface area (Å²) in [5, 5.41) is 19.4. The minimum atomic E-state index is -0.543. The van der Waals surface area contributed by atoms with Crippen LogP contribution in [0.2, 0.25) is 0 Å². The SMILES string of the molecule is CCCCn1nc(C(=O)N/N=C(\C)c2cc(OC)ccc2O)c2ccccc2c1=O. The quantitative estimate of drug-likeness (QED) is 0.462. The molecule has 8 heteroatoms. The second-order valence-electron chi connectivity index (χ2n) is 6.80. The Balaban J connectivity index is 1.96. The van der Waals surface area contributed by atoms with Gasteiger partial charge in [0.15, 0.2) is 5.69 Å². The maximum absolute atomic E-state index is 12.9. The molecule has 3 aromatic rings. The number of phenolic OH excluding ortho intramolecular Hbond substituents is 1. The predicted molar refractivity (Wildman–Crippen MR) is 115 cm³/mol. The summed E-state index contributed by atoms with van der Waals surface area (Å²) in [5.74, 6) is 0.0283. The van der Waals surface area contributed by atoms with E-state index in [4.69, 9.17) is 4.74 Å². The fourth-order valence-corrected chi connectivity index (χ4v) is 3.04. The summed E-state index contributed by atoms with van der Waals surface area (Å²) >= 11 is 0. The van der Waals surface area contributed by atoms with E-state index in [1.54, 1.807) is 43.3 Å². The van der Waals surface area contributed by atoms with Gasteiger partial charge < -0.3 is 9.84 Å². The van der Waals surface area contributed by atoms with Crippen LogP contribution in [-0.2, 0) is 6.54 Å². The van der Waals surface area contributed by atoms with Crippen molar-refractivity contribution in [3.8, 4) is 11.5 Å². The van der Waals surface area contributed by atoms with Crippen molar-refractivity contribution >= 4 is 22.4 Å². The maximum Gasteiger partial charge on any atom is 0.292 e. The molecular formula is C22H24N4O4. The number of unbranched alkanes of at least 4 members (excludes halogenated alkanes) is 1. The lowest BCUT2D eigenvalue weighted by molar-refractivity contribution is 0.0949. The Hall–Kier alpha value is -3.68. The number of methoxy groups -OCH3 is 1. The molecule has 0 spiro atoms. The van der Waals surface area contributed by atoms with E-state index in [2.05, 4.69) is 15.6 Å². The number of aromatic hydroxyl groups is 1. The number of aromatic nitrogens is 2. The highest BCUT2D eigenvalue weighted by Crippen LogP contribution is 2.23. The molecule has 0 unspecified atom stereocenters. The van der Waals surface area contributed by atoms with E-state index in [-0.39, 0.29) is 17.0 Å². The number of hydrazone groups is 1. The van der Waals surface area contributed by atoms with Crippen LogP contribution in [0.4, 0.5) is 0 Å². The Morgan fingerprint density at radius 1 is 1.23 bits per heavy atom. The number of phenols is 1. The Morgan fingerprint density at radius 2 is 1.97 bits per heavy atom. The lowest BCUT2D eigenvalue weighted by Crippen LogP contribution is -2.29. The predicted octanol–water partition coefficient (Wildman–Crippen LogP) is 3.06. The monoisotopic (exact) mass is 408 g/mol. The first-order valence-electron chi connectivity index (χ1n) is 9.68. The van der Waals surface area contributed by atoms with Crippen molar-refractivity contribution in [3.63, 3.8) is 0 Å². The van der Waals surface area contributed by atoms with E-state index < -0.39 is 5.91 Å². The van der Waals surface area contributed by atoms with Crippen LogP contribution >= 0.6 is 0 Å². The van der Waals surface area contributed by atoms with E-state index >= 15 is 0 Å². The number of nitrogens with one attached hydrogen (secondary N) is 1. The van der Waals surface area contributed by atoms with E-state index in [1.807, 2.05) is 6.92 Å². The highest BCUT2D eigenvalue weighted by molar-refractivity contribution is 6.06. The van der Waals surface area contributed by atoms with Gasteiger partial charge in [0.25, 0.3) is 11.5 Å². The molecule has 0 atom stereocenters. The molecule has 1 aromatic heterocycles. The normalized spacial score (nSPS) is 11.5. The molecule has 8 nitrogen and oxygen atoms in total. The van der Waals surface area contributed by atoms with Crippen LogP contribution < -0.4 is 15.7 Å². The van der Waals surface area contributed by atoms with Crippen LogP contribution in [0, 0.1) is 0 Å². The highest BCUT2D eigenvalue weighted by Gasteiger charge is 2.17. The summed E-state index contributed by atoms with van der Waals surface area (Å²) in [6.07, 6.45) is 1.68. The van der Waals surface area contributed by atoms with Crippen molar-refractivity contribution in [1.29, 1.82) is 0 Å². The van der Waals surface area contributed by atoms with Crippen LogP contribution in [0.15, 0.2) is 52.4 Å². The first kappa shape index (κ1) is 21.0. The molecule has 0 aliphatic carbocycles. The Labute approximate surface area is 173 Å². The van der Waals surface area contributed by atoms with Gasteiger partial charge >= 0.3 is 0 Å². The minimum Gasteiger partial charge on any atom is -0.507 e. The number of carbonyl (C=O) groups excluding carboxylic acids is 1. The maximum atomic E-state index is 12.9. The molecule has 2 N–H and O–H groups in total. The van der Waals surface area contributed by atoms with E-state index in [1.165, 1.54) is 17.9 Å². The Bertz CT molecular complexity index is 1170. The third-order valence-corrected chi connectivity index (χ3v) is 4.72. The zero-order chi connectivity index (χ0) is 21.7. The number of hydrogen-bond acceptors (Lipinski definition) is 6. The van der Waals surface area contributed by atoms with Gasteiger partial charge in [-0.3, -0.25) is 9.59 Å². The molecule has 0 radical (unpaired) electrons. The lowest BCUT2D eigenvalue weighted by atomic mass is 10.1. The van der Waals surface area contributed by atoms with Crippen molar-refractivity contribution in [2.75, 3.05) is 7.11 Å². The molecule has 0 fully saturated rings. The van der Waals surface area contributed by atoms with Gasteiger partial charge in [0, 0.05) is 17.5 Å². The molecule has 0 bridgehead atoms. The van der Waals surface area contributed by atoms with Crippen LogP contribution in [0.25, 0.3) is 10.8 Å². The van der Waals surface area contributed by atoms with E-state index in [0.29, 0.717) is 34.3 Å². The summed E-state index contributed by atoms with van der Waals surface area (Å²) in [4.78, 5) is 25.5. The van der Waals surface area contributed by atoms with E-state index in [9.17, 15) is 14.7 Å². The van der Waals surface area contributed by atoms with Gasteiger partial charge in [-0.15, -0.1) is 0 Å². The highest BCUT2D eigenvalue weighted by atomic mass is 16.5. The number of fused-ring (bicyclic) bond motifs is 1. The molecular weight excluding hydrogens is 384 g/mol. The van der Waals surface area contributed by atoms with Crippen LogP contribution in [0.5, 0.6) is 11.5 Å². The summed E-state index contributed by atoms with van der Waals surface area (Å²) in [6, 6.07) is 11.6. The van der Waals surface area contributed by atoms with Crippen LogP contribution in [0.1, 0.15) is 42.7 Å². The summed E-state index contributed by atoms with van der Waals surface area (Å²) in [5.41, 5.74) is 3.19. The molecule has 0 aliphatic rings. The topological polar surface area (TPSA) is 106 Å². The van der Waals surface area contributed by atoms with Gasteiger partial charge in [-0.25, -0.2) is 10.1 Å². The molecule has 2 aromatic carbocycles. The van der Waals surface area contributed by atoms with Gasteiger partial charge in [0.05, 0.1) is 18.2 Å². The van der Waals surface area contributed by atoms with Gasteiger partial charge in [0.1, 0.15) is 11.5 Å². The number of carbonyl (C=O) groups is 1. The summed E-state index contributed by atoms with van der Waals surface area (Å²) in [7, 11) is 1.52. The summed E-state index contributed by atoms with van der Waals surface area (Å²) in [6.45, 7) is 4.11. The number of aryl methyl sites for hydroxylation is 1. The first-order valence-corrected chi connectivity index (χ1v) is 9.68. The fourth-order valence-electron chi connectivity index (χ4n) is 3.04. The van der Waals surface area contributed by atoms with Gasteiger partial charge in [0.2, 0.25) is 0 Å². The molecule has 156 valence electrons. The standard InChI is InChI=1S/C22H24N4O4/c1-4-5-12-26-22(29)17-9-7-6-8-16(17)20(25-26)21(28)24-23-14(2)18-13-15(30-3)10-11-19(18)27/h6-11,13,27H,4-5,12H2,1-3H3,(H,24,28)/b23-14+. The number of ether oxygens (including phenoxy) is 1. The van der Waals surface area contributed by atoms with Crippen LogP contribution in [0.3, 0.4) is 0 Å². The molecule has 1 heterocycles. The Kier molecular flexibility index (Phi) is 6.46. The van der Waals surface area contributed by atoms with E-state index in [0.717, 1.165) is 12.8 Å². The fraction of sp³-hybridized carbons (Fsp3) is 0.273. The average molecular weight is 408 g/mol. The average Bonchev–Trinajstić information content (AvgIpc) is 2.77. The van der Waals surface area contributed by atoms with Crippen molar-refractivity contribution < 1.29 is 14.6 Å². The molecule has 1 amide bonds. The van der Waals surface area contributed by atoms with Crippen molar-refractivity contribution in [2.24, 2.45) is 5.10 Å². The third kappa shape index (κ3) is 4.32. The first-order chi connectivity index (χ1) is 14.5. The molecule has 3 rings (SSSR count). The smallest absolute Gasteiger partial charge is 0.292 e.